The second-order valence-electron chi connectivity index (χ2n) is 5.80. The van der Waals surface area contributed by atoms with E-state index in [4.69, 9.17) is 11.6 Å². The fraction of sp³-hybridized carbons (Fsp3) is 0.100. The summed E-state index contributed by atoms with van der Waals surface area (Å²) in [5.41, 5.74) is 2.63. The molecule has 0 spiro atoms. The molecular weight excluding hydrogens is 353 g/mol. The van der Waals surface area contributed by atoms with Gasteiger partial charge in [0.2, 0.25) is 0 Å². The molecule has 0 bridgehead atoms. The van der Waals surface area contributed by atoms with Gasteiger partial charge in [0.1, 0.15) is 11.6 Å². The van der Waals surface area contributed by atoms with Crippen LogP contribution in [-0.2, 0) is 6.54 Å². The number of carbonyl (C=O) groups excluding carboxylic acids is 1. The first-order valence-corrected chi connectivity index (χ1v) is 8.41. The van der Waals surface area contributed by atoms with Crippen LogP contribution in [0.3, 0.4) is 0 Å². The quantitative estimate of drug-likeness (QED) is 0.675. The highest BCUT2D eigenvalue weighted by Gasteiger charge is 2.08. The van der Waals surface area contributed by atoms with Crippen LogP contribution in [0.1, 0.15) is 21.5 Å². The number of benzene rings is 2. The number of amides is 1. The number of nitrogens with one attached hydrogen (secondary N) is 2. The number of aryl methyl sites for hydroxylation is 1. The number of nitrogens with zero attached hydrogens (tertiary/aromatic N) is 1. The minimum absolute atomic E-state index is 0.118. The molecule has 1 amide bonds. The molecule has 0 radical (unpaired) electrons. The normalized spacial score (nSPS) is 10.4. The Labute approximate surface area is 156 Å². The molecule has 0 unspecified atom stereocenters. The first-order chi connectivity index (χ1) is 12.5. The van der Waals surface area contributed by atoms with E-state index in [0.717, 1.165) is 11.3 Å². The van der Waals surface area contributed by atoms with Crippen LogP contribution >= 0.6 is 11.6 Å². The Morgan fingerprint density at radius 2 is 1.96 bits per heavy atom. The average molecular weight is 370 g/mol. The van der Waals surface area contributed by atoms with Crippen molar-refractivity contribution in [2.45, 2.75) is 13.5 Å². The smallest absolute Gasteiger partial charge is 0.253 e. The van der Waals surface area contributed by atoms with Crippen molar-refractivity contribution < 1.29 is 9.18 Å². The summed E-state index contributed by atoms with van der Waals surface area (Å²) in [5.74, 6) is -0.0662. The predicted octanol–water partition coefficient (Wildman–Crippen LogP) is 4.86. The van der Waals surface area contributed by atoms with E-state index in [-0.39, 0.29) is 18.3 Å². The van der Waals surface area contributed by atoms with Crippen molar-refractivity contribution in [2.24, 2.45) is 0 Å². The van der Waals surface area contributed by atoms with Gasteiger partial charge < -0.3 is 10.6 Å². The first kappa shape index (κ1) is 17.9. The molecule has 4 nitrogen and oxygen atoms in total. The van der Waals surface area contributed by atoms with Crippen LogP contribution in [0.5, 0.6) is 0 Å². The van der Waals surface area contributed by atoms with Gasteiger partial charge in [0.05, 0.1) is 5.56 Å². The molecule has 0 atom stereocenters. The highest BCUT2D eigenvalue weighted by molar-refractivity contribution is 6.31. The zero-order chi connectivity index (χ0) is 18.5. The topological polar surface area (TPSA) is 54.0 Å². The van der Waals surface area contributed by atoms with Crippen LogP contribution < -0.4 is 10.6 Å². The lowest BCUT2D eigenvalue weighted by atomic mass is 10.2. The molecule has 0 aliphatic carbocycles. The Bertz CT molecular complexity index is 929. The summed E-state index contributed by atoms with van der Waals surface area (Å²) < 4.78 is 13.6. The molecule has 0 saturated heterocycles. The predicted molar refractivity (Wildman–Crippen MR) is 101 cm³/mol. The molecule has 0 aliphatic rings. The molecule has 3 rings (SSSR count). The third kappa shape index (κ3) is 4.37. The number of aromatic nitrogens is 1. The minimum atomic E-state index is -0.345. The third-order valence-electron chi connectivity index (χ3n) is 3.87. The zero-order valence-electron chi connectivity index (χ0n) is 14.1. The van der Waals surface area contributed by atoms with Crippen molar-refractivity contribution in [1.82, 2.24) is 10.3 Å². The lowest BCUT2D eigenvalue weighted by Crippen LogP contribution is -2.23. The van der Waals surface area contributed by atoms with Crippen molar-refractivity contribution in [1.29, 1.82) is 0 Å². The Kier molecular flexibility index (Phi) is 5.49. The molecule has 0 saturated carbocycles. The second-order valence-corrected chi connectivity index (χ2v) is 6.20. The Balaban J connectivity index is 1.62. The third-order valence-corrected chi connectivity index (χ3v) is 4.27. The minimum Gasteiger partial charge on any atom is -0.348 e. The van der Waals surface area contributed by atoms with E-state index in [1.54, 1.807) is 30.3 Å². The molecule has 2 N–H and O–H groups in total. The molecule has 26 heavy (non-hydrogen) atoms. The molecule has 132 valence electrons. The Morgan fingerprint density at radius 1 is 1.15 bits per heavy atom. The van der Waals surface area contributed by atoms with E-state index in [1.807, 2.05) is 25.1 Å². The highest BCUT2D eigenvalue weighted by Crippen LogP contribution is 2.22. The van der Waals surface area contributed by atoms with Gasteiger partial charge in [-0.1, -0.05) is 35.9 Å². The number of pyridine rings is 1. The van der Waals surface area contributed by atoms with E-state index in [2.05, 4.69) is 15.6 Å². The van der Waals surface area contributed by atoms with Crippen molar-refractivity contribution >= 4 is 29.0 Å². The van der Waals surface area contributed by atoms with Gasteiger partial charge in [0.25, 0.3) is 5.91 Å². The molecule has 0 fully saturated rings. The van der Waals surface area contributed by atoms with Gasteiger partial charge in [0, 0.05) is 29.0 Å². The summed E-state index contributed by atoms with van der Waals surface area (Å²) in [5, 5.41) is 6.47. The van der Waals surface area contributed by atoms with Crippen LogP contribution in [0.25, 0.3) is 0 Å². The van der Waals surface area contributed by atoms with E-state index >= 15 is 0 Å². The number of halogens is 2. The number of rotatable bonds is 5. The van der Waals surface area contributed by atoms with Crippen LogP contribution in [0.4, 0.5) is 15.9 Å². The van der Waals surface area contributed by atoms with E-state index in [1.165, 1.54) is 12.3 Å². The lowest BCUT2D eigenvalue weighted by molar-refractivity contribution is 0.0950. The monoisotopic (exact) mass is 369 g/mol. The molecule has 2 aromatic carbocycles. The molecular formula is C20H17ClFN3O. The molecule has 6 heteroatoms. The molecule has 1 heterocycles. The lowest BCUT2D eigenvalue weighted by Gasteiger charge is -2.09. The van der Waals surface area contributed by atoms with Gasteiger partial charge in [-0.15, -0.1) is 0 Å². The fourth-order valence-corrected chi connectivity index (χ4v) is 2.52. The van der Waals surface area contributed by atoms with Crippen molar-refractivity contribution in [2.75, 3.05) is 5.32 Å². The number of hydrogen-bond donors (Lipinski definition) is 2. The van der Waals surface area contributed by atoms with Crippen LogP contribution in [0.2, 0.25) is 5.02 Å². The molecule has 3 aromatic rings. The van der Waals surface area contributed by atoms with Gasteiger partial charge in [-0.2, -0.15) is 0 Å². The van der Waals surface area contributed by atoms with Gasteiger partial charge >= 0.3 is 0 Å². The van der Waals surface area contributed by atoms with Crippen LogP contribution in [-0.4, -0.2) is 10.9 Å². The maximum atomic E-state index is 13.6. The Morgan fingerprint density at radius 3 is 2.65 bits per heavy atom. The maximum Gasteiger partial charge on any atom is 0.253 e. The number of anilines is 2. The summed E-state index contributed by atoms with van der Waals surface area (Å²) in [6.45, 7) is 2.05. The fourth-order valence-electron chi connectivity index (χ4n) is 2.34. The van der Waals surface area contributed by atoms with Gasteiger partial charge in [-0.3, -0.25) is 4.79 Å². The van der Waals surface area contributed by atoms with E-state index < -0.39 is 0 Å². The van der Waals surface area contributed by atoms with E-state index in [9.17, 15) is 9.18 Å². The number of carbonyl (C=O) groups is 1. The Hall–Kier alpha value is -2.92. The van der Waals surface area contributed by atoms with Crippen molar-refractivity contribution in [3.05, 3.63) is 88.3 Å². The average Bonchev–Trinajstić information content (AvgIpc) is 2.64. The van der Waals surface area contributed by atoms with Crippen molar-refractivity contribution in [3.8, 4) is 0 Å². The van der Waals surface area contributed by atoms with Crippen LogP contribution in [0, 0.1) is 12.7 Å². The van der Waals surface area contributed by atoms with Gasteiger partial charge in [-0.25, -0.2) is 9.37 Å². The largest absolute Gasteiger partial charge is 0.348 e. The summed E-state index contributed by atoms with van der Waals surface area (Å²) >= 11 is 6.10. The highest BCUT2D eigenvalue weighted by atomic mass is 35.5. The van der Waals surface area contributed by atoms with Gasteiger partial charge in [-0.05, 0) is 42.8 Å². The van der Waals surface area contributed by atoms with E-state index in [0.29, 0.717) is 22.0 Å². The summed E-state index contributed by atoms with van der Waals surface area (Å²) in [4.78, 5) is 16.4. The summed E-state index contributed by atoms with van der Waals surface area (Å²) in [6.07, 6.45) is 1.47. The van der Waals surface area contributed by atoms with Crippen LogP contribution in [0.15, 0.2) is 60.8 Å². The maximum absolute atomic E-state index is 13.6. The standard InChI is InChI=1S/C20H17ClFN3O/c1-13-6-8-16(10-17(13)21)25-19-9-7-15(12-23-19)20(26)24-11-14-4-2-3-5-18(14)22/h2-10,12H,11H2,1H3,(H,23,25)(H,24,26). The summed E-state index contributed by atoms with van der Waals surface area (Å²) in [6, 6.07) is 15.3. The first-order valence-electron chi connectivity index (χ1n) is 8.04. The molecule has 0 aliphatic heterocycles. The number of hydrogen-bond acceptors (Lipinski definition) is 3. The molecule has 1 aromatic heterocycles. The van der Waals surface area contributed by atoms with Gasteiger partial charge in [0.15, 0.2) is 0 Å². The summed E-state index contributed by atoms with van der Waals surface area (Å²) in [7, 11) is 0. The zero-order valence-corrected chi connectivity index (χ0v) is 14.8. The van der Waals surface area contributed by atoms with Crippen molar-refractivity contribution in [3.63, 3.8) is 0 Å². The second kappa shape index (κ2) is 7.97. The SMILES string of the molecule is Cc1ccc(Nc2ccc(C(=O)NCc3ccccc3F)cn2)cc1Cl.